The topological polar surface area (TPSA) is 68.8 Å². The molecule has 154 valence electrons. The van der Waals surface area contributed by atoms with Crippen LogP contribution < -0.4 is 16.0 Å². The van der Waals surface area contributed by atoms with Gasteiger partial charge in [0.05, 0.1) is 6.54 Å². The van der Waals surface area contributed by atoms with E-state index in [9.17, 15) is 4.79 Å². The molecule has 2 fully saturated rings. The van der Waals surface area contributed by atoms with Crippen molar-refractivity contribution in [3.8, 4) is 0 Å². The summed E-state index contributed by atoms with van der Waals surface area (Å²) in [5.74, 6) is 2.43. The van der Waals surface area contributed by atoms with E-state index in [2.05, 4.69) is 63.1 Å². The first-order valence-corrected chi connectivity index (χ1v) is 10.7. The maximum Gasteiger partial charge on any atom is 0.234 e. The molecule has 0 spiro atoms. The zero-order chi connectivity index (χ0) is 19.8. The van der Waals surface area contributed by atoms with Gasteiger partial charge in [0.1, 0.15) is 0 Å². The number of nitrogens with zero attached hydrogens (tertiary/aromatic N) is 2. The largest absolute Gasteiger partial charge is 0.356 e. The van der Waals surface area contributed by atoms with E-state index in [1.165, 1.54) is 12.0 Å². The number of aliphatic imine (C=N–C) groups is 1. The van der Waals surface area contributed by atoms with E-state index in [-0.39, 0.29) is 5.91 Å². The van der Waals surface area contributed by atoms with Crippen LogP contribution in [0.2, 0.25) is 0 Å². The Bertz CT molecular complexity index is 640. The van der Waals surface area contributed by atoms with E-state index in [0.29, 0.717) is 24.4 Å². The molecule has 6 heteroatoms. The molecule has 0 bridgehead atoms. The van der Waals surface area contributed by atoms with E-state index in [4.69, 9.17) is 0 Å². The first kappa shape index (κ1) is 20.6. The number of likely N-dealkylation sites (tertiary alicyclic amines) is 1. The summed E-state index contributed by atoms with van der Waals surface area (Å²) >= 11 is 0. The van der Waals surface area contributed by atoms with E-state index in [1.807, 2.05) is 7.05 Å². The summed E-state index contributed by atoms with van der Waals surface area (Å²) in [5, 5.41) is 10.0. The van der Waals surface area contributed by atoms with Crippen molar-refractivity contribution in [1.29, 1.82) is 0 Å². The molecule has 1 saturated heterocycles. The molecule has 0 aromatic heterocycles. The van der Waals surface area contributed by atoms with Crippen molar-refractivity contribution in [2.75, 3.05) is 39.8 Å². The molecule has 2 aliphatic rings. The number of piperidine rings is 1. The zero-order valence-corrected chi connectivity index (χ0v) is 17.3. The van der Waals surface area contributed by atoms with Crippen LogP contribution in [-0.4, -0.2) is 62.6 Å². The molecule has 1 aliphatic heterocycles. The molecule has 1 heterocycles. The van der Waals surface area contributed by atoms with Crippen LogP contribution in [0, 0.1) is 5.92 Å². The predicted molar refractivity (Wildman–Crippen MR) is 115 cm³/mol. The molecule has 0 radical (unpaired) electrons. The molecule has 1 aliphatic carbocycles. The van der Waals surface area contributed by atoms with Gasteiger partial charge in [0, 0.05) is 39.3 Å². The molecule has 1 aromatic carbocycles. The highest BCUT2D eigenvalue weighted by atomic mass is 16.2. The monoisotopic (exact) mass is 385 g/mol. The Balaban J connectivity index is 1.33. The minimum absolute atomic E-state index is 0.142. The smallest absolute Gasteiger partial charge is 0.234 e. The number of amides is 1. The Hall–Kier alpha value is -2.08. The summed E-state index contributed by atoms with van der Waals surface area (Å²) in [6, 6.07) is 11.2. The molecule has 6 nitrogen and oxygen atoms in total. The molecule has 3 rings (SSSR count). The lowest BCUT2D eigenvalue weighted by Gasteiger charge is -2.32. The Morgan fingerprint density at radius 1 is 1.18 bits per heavy atom. The molecule has 2 atom stereocenters. The Morgan fingerprint density at radius 3 is 2.61 bits per heavy atom. The SMILES string of the molecule is CCCNC(=O)CN1CCC(NC(=NC)NCC2CC2c2ccccc2)CC1. The lowest BCUT2D eigenvalue weighted by Crippen LogP contribution is -2.50. The van der Waals surface area contributed by atoms with Gasteiger partial charge < -0.3 is 16.0 Å². The lowest BCUT2D eigenvalue weighted by atomic mass is 10.1. The summed E-state index contributed by atoms with van der Waals surface area (Å²) < 4.78 is 0. The van der Waals surface area contributed by atoms with E-state index < -0.39 is 0 Å². The van der Waals surface area contributed by atoms with E-state index in [1.54, 1.807) is 0 Å². The fourth-order valence-corrected chi connectivity index (χ4v) is 3.96. The summed E-state index contributed by atoms with van der Waals surface area (Å²) in [7, 11) is 1.84. The van der Waals surface area contributed by atoms with Crippen LogP contribution in [0.1, 0.15) is 44.1 Å². The number of carbonyl (C=O) groups is 1. The third kappa shape index (κ3) is 6.23. The molecule has 2 unspecified atom stereocenters. The second-order valence-electron chi connectivity index (χ2n) is 8.01. The molecule has 1 amide bonds. The van der Waals surface area contributed by atoms with Crippen molar-refractivity contribution < 1.29 is 4.79 Å². The molecular weight excluding hydrogens is 350 g/mol. The molecule has 1 aromatic rings. The second kappa shape index (κ2) is 10.5. The van der Waals surface area contributed by atoms with Crippen molar-refractivity contribution in [1.82, 2.24) is 20.9 Å². The van der Waals surface area contributed by atoms with Crippen LogP contribution in [0.4, 0.5) is 0 Å². The number of hydrogen-bond acceptors (Lipinski definition) is 3. The van der Waals surface area contributed by atoms with E-state index >= 15 is 0 Å². The van der Waals surface area contributed by atoms with Gasteiger partial charge in [-0.3, -0.25) is 14.7 Å². The van der Waals surface area contributed by atoms with Crippen LogP contribution in [0.25, 0.3) is 0 Å². The number of nitrogens with one attached hydrogen (secondary N) is 3. The van der Waals surface area contributed by atoms with Gasteiger partial charge in [-0.2, -0.15) is 0 Å². The minimum Gasteiger partial charge on any atom is -0.356 e. The number of guanidine groups is 1. The zero-order valence-electron chi connectivity index (χ0n) is 17.3. The van der Waals surface area contributed by atoms with Gasteiger partial charge in [0.15, 0.2) is 5.96 Å². The van der Waals surface area contributed by atoms with Crippen molar-refractivity contribution in [3.63, 3.8) is 0 Å². The van der Waals surface area contributed by atoms with Crippen LogP contribution in [0.5, 0.6) is 0 Å². The van der Waals surface area contributed by atoms with Gasteiger partial charge in [0.2, 0.25) is 5.91 Å². The molecule has 3 N–H and O–H groups in total. The predicted octanol–water partition coefficient (Wildman–Crippen LogP) is 1.95. The number of hydrogen-bond donors (Lipinski definition) is 3. The molecule has 1 saturated carbocycles. The van der Waals surface area contributed by atoms with Crippen LogP contribution in [0.3, 0.4) is 0 Å². The first-order chi connectivity index (χ1) is 13.7. The highest BCUT2D eigenvalue weighted by molar-refractivity contribution is 5.80. The lowest BCUT2D eigenvalue weighted by molar-refractivity contribution is -0.122. The highest BCUT2D eigenvalue weighted by Crippen LogP contribution is 2.46. The maximum atomic E-state index is 11.9. The van der Waals surface area contributed by atoms with Gasteiger partial charge in [-0.05, 0) is 43.1 Å². The second-order valence-corrected chi connectivity index (χ2v) is 8.01. The Labute approximate surface area is 169 Å². The first-order valence-electron chi connectivity index (χ1n) is 10.7. The van der Waals surface area contributed by atoms with Gasteiger partial charge in [-0.15, -0.1) is 0 Å². The van der Waals surface area contributed by atoms with Gasteiger partial charge in [0.25, 0.3) is 0 Å². The summed E-state index contributed by atoms with van der Waals surface area (Å²) in [6.07, 6.45) is 4.32. The number of rotatable bonds is 8. The standard InChI is InChI=1S/C22H35N5O/c1-3-11-24-21(28)16-27-12-9-19(10-13-27)26-22(23-2)25-15-18-14-20(18)17-7-5-4-6-8-17/h4-8,18-20H,3,9-16H2,1-2H3,(H,24,28)(H2,23,25,26). The van der Waals surface area contributed by atoms with Crippen molar-refractivity contribution in [3.05, 3.63) is 35.9 Å². The maximum absolute atomic E-state index is 11.9. The van der Waals surface area contributed by atoms with Gasteiger partial charge >= 0.3 is 0 Å². The van der Waals surface area contributed by atoms with Crippen molar-refractivity contribution >= 4 is 11.9 Å². The fourth-order valence-electron chi connectivity index (χ4n) is 3.96. The number of carbonyl (C=O) groups excluding carboxylic acids is 1. The quantitative estimate of drug-likeness (QED) is 0.473. The highest BCUT2D eigenvalue weighted by Gasteiger charge is 2.37. The van der Waals surface area contributed by atoms with Crippen molar-refractivity contribution in [2.45, 2.75) is 44.6 Å². The Morgan fingerprint density at radius 2 is 1.93 bits per heavy atom. The van der Waals surface area contributed by atoms with Crippen LogP contribution in [0.15, 0.2) is 35.3 Å². The average molecular weight is 386 g/mol. The third-order valence-electron chi connectivity index (χ3n) is 5.77. The van der Waals surface area contributed by atoms with Crippen LogP contribution in [-0.2, 0) is 4.79 Å². The van der Waals surface area contributed by atoms with Gasteiger partial charge in [-0.25, -0.2) is 0 Å². The normalized spacial score (nSPS) is 23.3. The fraction of sp³-hybridized carbons (Fsp3) is 0.636. The number of benzene rings is 1. The van der Waals surface area contributed by atoms with Crippen molar-refractivity contribution in [2.24, 2.45) is 10.9 Å². The Kier molecular flexibility index (Phi) is 7.71. The van der Waals surface area contributed by atoms with Gasteiger partial charge in [-0.1, -0.05) is 37.3 Å². The third-order valence-corrected chi connectivity index (χ3v) is 5.77. The van der Waals surface area contributed by atoms with Crippen LogP contribution >= 0.6 is 0 Å². The van der Waals surface area contributed by atoms with E-state index in [0.717, 1.165) is 51.4 Å². The molecular formula is C22H35N5O. The summed E-state index contributed by atoms with van der Waals surface area (Å²) in [5.41, 5.74) is 1.45. The minimum atomic E-state index is 0.142. The summed E-state index contributed by atoms with van der Waals surface area (Å²) in [6.45, 7) is 6.23. The average Bonchev–Trinajstić information content (AvgIpc) is 3.51. The molecule has 28 heavy (non-hydrogen) atoms. The summed E-state index contributed by atoms with van der Waals surface area (Å²) in [4.78, 5) is 18.5.